The smallest absolute Gasteiger partial charge is 0.364 e. The van der Waals surface area contributed by atoms with Gasteiger partial charge in [-0.05, 0) is 5.56 Å². The van der Waals surface area contributed by atoms with Crippen LogP contribution in [0.5, 0.6) is 0 Å². The standard InChI is InChI=1S/C32H48N2O19/c1-13(38)33-20-16(40)8-32(31(46)47,52-27(20)22(42)17(41)9-35)53-28-24(44)19(11-37)50-30(25(28)45)51-26-21(34-14(2)39)29(49-18(10-36)23(26)43)48-12-15-6-4-3-5-7-15/h3-7,16-30,35-37,40-45H,8-12H2,1-2H3,(H,33,38)(H,34,39)(H,46,47)/t16-,17+,18+,19+,20+,21+,22+,23-,24-,25+,26+,27+,28-,29-,30-,32-/m0/s1. The average Bonchev–Trinajstić information content (AvgIpc) is 3.12. The molecular weight excluding hydrogens is 716 g/mol. The quantitative estimate of drug-likeness (QED) is 0.0791. The largest absolute Gasteiger partial charge is 0.477 e. The molecule has 0 unspecified atom stereocenters. The van der Waals surface area contributed by atoms with Crippen molar-refractivity contribution in [2.24, 2.45) is 0 Å². The number of rotatable bonds is 15. The van der Waals surface area contributed by atoms with Crippen molar-refractivity contribution in [1.29, 1.82) is 0 Å². The van der Waals surface area contributed by atoms with Crippen LogP contribution in [0.25, 0.3) is 0 Å². The summed E-state index contributed by atoms with van der Waals surface area (Å²) < 4.78 is 34.5. The lowest BCUT2D eigenvalue weighted by molar-refractivity contribution is -0.381. The van der Waals surface area contributed by atoms with E-state index < -0.39 is 142 Å². The van der Waals surface area contributed by atoms with Crippen LogP contribution in [0, 0.1) is 0 Å². The Morgan fingerprint density at radius 1 is 0.849 bits per heavy atom. The molecule has 2 amide bonds. The number of nitrogens with one attached hydrogen (secondary N) is 2. The molecule has 3 heterocycles. The lowest BCUT2D eigenvalue weighted by Gasteiger charge is -2.51. The molecule has 300 valence electrons. The minimum Gasteiger partial charge on any atom is -0.477 e. The Bertz CT molecular complexity index is 1360. The summed E-state index contributed by atoms with van der Waals surface area (Å²) >= 11 is 0. The Labute approximate surface area is 302 Å². The van der Waals surface area contributed by atoms with Gasteiger partial charge in [-0.25, -0.2) is 4.79 Å². The highest BCUT2D eigenvalue weighted by Gasteiger charge is 2.60. The van der Waals surface area contributed by atoms with Gasteiger partial charge in [0, 0.05) is 20.3 Å². The summed E-state index contributed by atoms with van der Waals surface area (Å²) in [6.45, 7) is -0.657. The minimum atomic E-state index is -3.04. The third-order valence-electron chi connectivity index (χ3n) is 9.11. The van der Waals surface area contributed by atoms with E-state index in [2.05, 4.69) is 10.6 Å². The summed E-state index contributed by atoms with van der Waals surface area (Å²) in [6.07, 6.45) is -25.0. The van der Waals surface area contributed by atoms with Gasteiger partial charge in [-0.3, -0.25) is 9.59 Å². The summed E-state index contributed by atoms with van der Waals surface area (Å²) in [5.41, 5.74) is 0.694. The van der Waals surface area contributed by atoms with E-state index in [0.717, 1.165) is 13.8 Å². The Kier molecular flexibility index (Phi) is 15.0. The summed E-state index contributed by atoms with van der Waals surface area (Å²) in [6, 6.07) is 5.86. The number of benzene rings is 1. The zero-order chi connectivity index (χ0) is 39.2. The number of aliphatic hydroxyl groups is 9. The molecule has 12 N–H and O–H groups in total. The van der Waals surface area contributed by atoms with Crippen LogP contribution in [0.3, 0.4) is 0 Å². The van der Waals surface area contributed by atoms with E-state index in [-0.39, 0.29) is 6.61 Å². The Balaban J connectivity index is 1.66. The predicted molar refractivity (Wildman–Crippen MR) is 171 cm³/mol. The molecule has 0 aliphatic carbocycles. The summed E-state index contributed by atoms with van der Waals surface area (Å²) in [5.74, 6) is -6.39. The molecule has 16 atom stereocenters. The molecule has 3 saturated heterocycles. The van der Waals surface area contributed by atoms with Crippen LogP contribution in [0.2, 0.25) is 0 Å². The first-order valence-corrected chi connectivity index (χ1v) is 16.7. The predicted octanol–water partition coefficient (Wildman–Crippen LogP) is -5.86. The summed E-state index contributed by atoms with van der Waals surface area (Å²) in [4.78, 5) is 37.0. The summed E-state index contributed by atoms with van der Waals surface area (Å²) in [5, 5.41) is 110. The van der Waals surface area contributed by atoms with Crippen LogP contribution >= 0.6 is 0 Å². The second-order valence-electron chi connectivity index (χ2n) is 13.0. The van der Waals surface area contributed by atoms with Crippen molar-refractivity contribution in [3.63, 3.8) is 0 Å². The number of ether oxygens (including phenoxy) is 6. The van der Waals surface area contributed by atoms with Gasteiger partial charge in [0.1, 0.15) is 67.1 Å². The van der Waals surface area contributed by atoms with Gasteiger partial charge < -0.3 is 90.1 Å². The van der Waals surface area contributed by atoms with E-state index >= 15 is 0 Å². The monoisotopic (exact) mass is 764 g/mol. The van der Waals surface area contributed by atoms with Crippen molar-refractivity contribution in [1.82, 2.24) is 10.6 Å². The lowest BCUT2D eigenvalue weighted by atomic mass is 9.88. The van der Waals surface area contributed by atoms with Gasteiger partial charge in [0.25, 0.3) is 5.79 Å². The van der Waals surface area contributed by atoms with Gasteiger partial charge in [-0.1, -0.05) is 30.3 Å². The fourth-order valence-electron chi connectivity index (χ4n) is 6.44. The second-order valence-corrected chi connectivity index (χ2v) is 13.0. The molecule has 4 rings (SSSR count). The maximum atomic E-state index is 12.8. The van der Waals surface area contributed by atoms with E-state index in [1.807, 2.05) is 0 Å². The minimum absolute atomic E-state index is 0.0588. The van der Waals surface area contributed by atoms with Gasteiger partial charge >= 0.3 is 5.97 Å². The molecule has 0 saturated carbocycles. The zero-order valence-electron chi connectivity index (χ0n) is 28.7. The topological polar surface area (TPSA) is 333 Å². The van der Waals surface area contributed by atoms with Gasteiger partial charge in [-0.2, -0.15) is 0 Å². The highest BCUT2D eigenvalue weighted by molar-refractivity contribution is 5.76. The molecular formula is C32H48N2O19. The van der Waals surface area contributed by atoms with Crippen molar-refractivity contribution in [3.8, 4) is 0 Å². The van der Waals surface area contributed by atoms with Crippen LogP contribution in [-0.4, -0.2) is 186 Å². The molecule has 1 aromatic rings. The highest BCUT2D eigenvalue weighted by Crippen LogP contribution is 2.38. The fraction of sp³-hybridized carbons (Fsp3) is 0.719. The number of hydrogen-bond donors (Lipinski definition) is 12. The second kappa shape index (κ2) is 18.6. The van der Waals surface area contributed by atoms with Crippen LogP contribution in [0.4, 0.5) is 0 Å². The van der Waals surface area contributed by atoms with Crippen molar-refractivity contribution >= 4 is 17.8 Å². The molecule has 0 aromatic heterocycles. The molecule has 0 radical (unpaired) electrons. The van der Waals surface area contributed by atoms with Gasteiger partial charge in [-0.15, -0.1) is 0 Å². The Hall–Kier alpha value is -2.97. The maximum absolute atomic E-state index is 12.8. The number of carbonyl (C=O) groups is 3. The zero-order valence-corrected chi connectivity index (χ0v) is 28.7. The normalized spacial score (nSPS) is 38.7. The molecule has 3 aliphatic rings. The fourth-order valence-corrected chi connectivity index (χ4v) is 6.44. The van der Waals surface area contributed by atoms with Crippen LogP contribution in [0.15, 0.2) is 30.3 Å². The van der Waals surface area contributed by atoms with E-state index in [4.69, 9.17) is 28.4 Å². The Morgan fingerprint density at radius 3 is 1.96 bits per heavy atom. The van der Waals surface area contributed by atoms with Gasteiger partial charge in [0.15, 0.2) is 12.6 Å². The van der Waals surface area contributed by atoms with Crippen molar-refractivity contribution in [2.75, 3.05) is 19.8 Å². The van der Waals surface area contributed by atoms with Crippen molar-refractivity contribution < 1.29 is 93.9 Å². The first-order valence-electron chi connectivity index (χ1n) is 16.7. The first-order chi connectivity index (χ1) is 25.1. The lowest BCUT2D eigenvalue weighted by Crippen LogP contribution is -2.71. The average molecular weight is 765 g/mol. The SMILES string of the molecule is CC(=O)N[C@H]1[C@@H](OCc2ccccc2)O[C@H](CO)[C@H](O)[C@@H]1O[C@@H]1O[C@H](CO)[C@H](O)[C@H](O[C@]2(C(=O)O)C[C@H](O)[C@@H](NC(C)=O)[C@H]([C@H](O)[C@H](O)CO)O2)[C@H]1O. The number of carboxylic acids is 1. The number of carbonyl (C=O) groups excluding carboxylic acids is 2. The number of aliphatic hydroxyl groups excluding tert-OH is 9. The number of amides is 2. The van der Waals surface area contributed by atoms with Crippen molar-refractivity contribution in [3.05, 3.63) is 35.9 Å². The van der Waals surface area contributed by atoms with E-state index in [0.29, 0.717) is 5.56 Å². The molecule has 0 spiro atoms. The van der Waals surface area contributed by atoms with E-state index in [1.54, 1.807) is 30.3 Å². The Morgan fingerprint density at radius 2 is 1.42 bits per heavy atom. The van der Waals surface area contributed by atoms with Gasteiger partial charge in [0.05, 0.1) is 38.6 Å². The van der Waals surface area contributed by atoms with Gasteiger partial charge in [0.2, 0.25) is 11.8 Å². The molecule has 3 aliphatic heterocycles. The molecule has 53 heavy (non-hydrogen) atoms. The highest BCUT2D eigenvalue weighted by atomic mass is 16.8. The van der Waals surface area contributed by atoms with Crippen LogP contribution in [0.1, 0.15) is 25.8 Å². The van der Waals surface area contributed by atoms with Crippen molar-refractivity contribution in [2.45, 2.75) is 124 Å². The third kappa shape index (κ3) is 9.83. The van der Waals surface area contributed by atoms with E-state index in [9.17, 15) is 65.4 Å². The third-order valence-corrected chi connectivity index (χ3v) is 9.11. The molecule has 21 nitrogen and oxygen atoms in total. The molecule has 21 heteroatoms. The number of carboxylic acid groups (broad SMARTS) is 1. The maximum Gasteiger partial charge on any atom is 0.364 e. The molecule has 0 bridgehead atoms. The first kappa shape index (κ1) is 42.8. The number of hydrogen-bond acceptors (Lipinski definition) is 18. The number of aliphatic carboxylic acids is 1. The van der Waals surface area contributed by atoms with Crippen LogP contribution in [-0.2, 0) is 49.4 Å². The molecule has 1 aromatic carbocycles. The summed E-state index contributed by atoms with van der Waals surface area (Å²) in [7, 11) is 0. The van der Waals surface area contributed by atoms with Crippen LogP contribution < -0.4 is 10.6 Å². The van der Waals surface area contributed by atoms with E-state index in [1.165, 1.54) is 0 Å². The molecule has 3 fully saturated rings.